The Morgan fingerprint density at radius 3 is 2.17 bits per heavy atom. The van der Waals surface area contributed by atoms with Gasteiger partial charge in [-0.15, -0.1) is 0 Å². The van der Waals surface area contributed by atoms with Gasteiger partial charge in [0.05, 0.1) is 0 Å². The molecule has 0 atom stereocenters. The van der Waals surface area contributed by atoms with E-state index in [1.807, 2.05) is 31.2 Å². The second-order valence-corrected chi connectivity index (χ2v) is 8.16. The fraction of sp³-hybridized carbons (Fsp3) is 0.417. The van der Waals surface area contributed by atoms with E-state index in [1.165, 1.54) is 12.1 Å². The van der Waals surface area contributed by atoms with Crippen LogP contribution in [-0.2, 0) is 6.54 Å². The molecule has 30 heavy (non-hydrogen) atoms. The molecule has 0 heterocycles. The summed E-state index contributed by atoms with van der Waals surface area (Å²) in [4.78, 5) is 24.3. The number of nitrogens with one attached hydrogen (secondary N) is 3. The average Bonchev–Trinajstić information content (AvgIpc) is 2.76. The minimum atomic E-state index is -0.284. The summed E-state index contributed by atoms with van der Waals surface area (Å²) in [5.74, 6) is 0.654. The summed E-state index contributed by atoms with van der Waals surface area (Å²) in [5, 5.41) is 8.79. The standard InChI is InChI=1S/C24H30FN3O2/c1-17-3-2-4-21(13-17)23(29)26-14-18-5-7-19(8-6-18)15-27-24(30)28-16-20-9-11-22(25)12-10-20/h2-4,9-13,18-19H,5-8,14-16H2,1H3,(H,26,29)(H2,27,28,30). The average molecular weight is 412 g/mol. The maximum atomic E-state index is 12.9. The number of hydrogen-bond donors (Lipinski definition) is 3. The molecule has 3 rings (SSSR count). The predicted octanol–water partition coefficient (Wildman–Crippen LogP) is 4.17. The molecule has 0 spiro atoms. The number of aryl methyl sites for hydroxylation is 1. The van der Waals surface area contributed by atoms with Crippen molar-refractivity contribution >= 4 is 11.9 Å². The first-order chi connectivity index (χ1) is 14.5. The third-order valence-corrected chi connectivity index (χ3v) is 5.72. The van der Waals surface area contributed by atoms with Crippen molar-refractivity contribution in [1.29, 1.82) is 0 Å². The number of benzene rings is 2. The summed E-state index contributed by atoms with van der Waals surface area (Å²) in [5.41, 5.74) is 2.65. The second kappa shape index (κ2) is 10.8. The molecule has 6 heteroatoms. The van der Waals surface area contributed by atoms with E-state index in [0.717, 1.165) is 36.8 Å². The Morgan fingerprint density at radius 2 is 1.53 bits per heavy atom. The third-order valence-electron chi connectivity index (χ3n) is 5.72. The number of hydrogen-bond acceptors (Lipinski definition) is 2. The zero-order valence-corrected chi connectivity index (χ0v) is 17.4. The van der Waals surface area contributed by atoms with E-state index in [-0.39, 0.29) is 17.8 Å². The Morgan fingerprint density at radius 1 is 0.900 bits per heavy atom. The van der Waals surface area contributed by atoms with Gasteiger partial charge in [0.1, 0.15) is 5.82 Å². The Hall–Kier alpha value is -2.89. The summed E-state index contributed by atoms with van der Waals surface area (Å²) >= 11 is 0. The number of carbonyl (C=O) groups excluding carboxylic acids is 2. The quantitative estimate of drug-likeness (QED) is 0.640. The van der Waals surface area contributed by atoms with E-state index >= 15 is 0 Å². The highest BCUT2D eigenvalue weighted by Crippen LogP contribution is 2.28. The van der Waals surface area contributed by atoms with Gasteiger partial charge >= 0.3 is 6.03 Å². The molecule has 2 aromatic rings. The number of halogens is 1. The molecule has 3 N–H and O–H groups in total. The lowest BCUT2D eigenvalue weighted by Crippen LogP contribution is -2.39. The third kappa shape index (κ3) is 6.87. The van der Waals surface area contributed by atoms with E-state index in [2.05, 4.69) is 16.0 Å². The first kappa shape index (κ1) is 21.8. The lowest BCUT2D eigenvalue weighted by molar-refractivity contribution is 0.0941. The molecule has 0 unspecified atom stereocenters. The van der Waals surface area contributed by atoms with Crippen LogP contribution in [-0.4, -0.2) is 25.0 Å². The number of urea groups is 1. The van der Waals surface area contributed by atoms with Gasteiger partial charge in [0, 0.05) is 25.2 Å². The van der Waals surface area contributed by atoms with Crippen LogP contribution in [0, 0.1) is 24.6 Å². The second-order valence-electron chi connectivity index (χ2n) is 8.16. The summed E-state index contributed by atoms with van der Waals surface area (Å²) in [6.07, 6.45) is 4.20. The van der Waals surface area contributed by atoms with Gasteiger partial charge in [-0.2, -0.15) is 0 Å². The summed E-state index contributed by atoms with van der Waals surface area (Å²) in [6, 6.07) is 13.5. The highest BCUT2D eigenvalue weighted by molar-refractivity contribution is 5.94. The van der Waals surface area contributed by atoms with Gasteiger partial charge in [-0.1, -0.05) is 29.8 Å². The van der Waals surface area contributed by atoms with E-state index < -0.39 is 0 Å². The van der Waals surface area contributed by atoms with E-state index in [0.29, 0.717) is 37.0 Å². The van der Waals surface area contributed by atoms with Crippen LogP contribution in [0.4, 0.5) is 9.18 Å². The van der Waals surface area contributed by atoms with Crippen LogP contribution >= 0.6 is 0 Å². The van der Waals surface area contributed by atoms with Gasteiger partial charge in [0.2, 0.25) is 0 Å². The molecule has 1 aliphatic rings. The van der Waals surface area contributed by atoms with Crippen LogP contribution in [0.2, 0.25) is 0 Å². The molecular weight excluding hydrogens is 381 g/mol. The van der Waals surface area contributed by atoms with Gasteiger partial charge in [0.25, 0.3) is 5.91 Å². The molecule has 2 aromatic carbocycles. The topological polar surface area (TPSA) is 70.2 Å². The number of amides is 3. The first-order valence-electron chi connectivity index (χ1n) is 10.6. The smallest absolute Gasteiger partial charge is 0.315 e. The van der Waals surface area contributed by atoms with Crippen LogP contribution in [0.25, 0.3) is 0 Å². The Balaban J connectivity index is 1.30. The van der Waals surface area contributed by atoms with Gasteiger partial charge < -0.3 is 16.0 Å². The highest BCUT2D eigenvalue weighted by atomic mass is 19.1. The van der Waals surface area contributed by atoms with Crippen LogP contribution in [0.5, 0.6) is 0 Å². The van der Waals surface area contributed by atoms with Gasteiger partial charge in [-0.25, -0.2) is 9.18 Å². The maximum Gasteiger partial charge on any atom is 0.315 e. The van der Waals surface area contributed by atoms with E-state index in [1.54, 1.807) is 12.1 Å². The van der Waals surface area contributed by atoms with E-state index in [9.17, 15) is 14.0 Å². The van der Waals surface area contributed by atoms with Crippen molar-refractivity contribution < 1.29 is 14.0 Å². The van der Waals surface area contributed by atoms with Crippen molar-refractivity contribution in [2.75, 3.05) is 13.1 Å². The lowest BCUT2D eigenvalue weighted by Gasteiger charge is -2.28. The van der Waals surface area contributed by atoms with Crippen molar-refractivity contribution in [1.82, 2.24) is 16.0 Å². The van der Waals surface area contributed by atoms with Crippen LogP contribution < -0.4 is 16.0 Å². The minimum Gasteiger partial charge on any atom is -0.352 e. The molecule has 1 aliphatic carbocycles. The minimum absolute atomic E-state index is 0.0136. The van der Waals surface area contributed by atoms with Gasteiger partial charge in [-0.3, -0.25) is 4.79 Å². The molecule has 1 fully saturated rings. The van der Waals surface area contributed by atoms with Crippen molar-refractivity contribution in [3.05, 3.63) is 71.0 Å². The molecule has 0 bridgehead atoms. The molecule has 3 amide bonds. The Labute approximate surface area is 177 Å². The number of carbonyl (C=O) groups is 2. The van der Waals surface area contributed by atoms with Crippen LogP contribution in [0.15, 0.2) is 48.5 Å². The van der Waals surface area contributed by atoms with Gasteiger partial charge in [-0.05, 0) is 74.3 Å². The highest BCUT2D eigenvalue weighted by Gasteiger charge is 2.22. The molecular formula is C24H30FN3O2. The molecule has 0 radical (unpaired) electrons. The molecule has 1 saturated carbocycles. The Kier molecular flexibility index (Phi) is 7.82. The molecule has 0 saturated heterocycles. The maximum absolute atomic E-state index is 12.9. The van der Waals surface area contributed by atoms with Crippen LogP contribution in [0.3, 0.4) is 0 Å². The molecule has 0 aliphatic heterocycles. The molecule has 5 nitrogen and oxygen atoms in total. The zero-order valence-electron chi connectivity index (χ0n) is 17.4. The first-order valence-corrected chi connectivity index (χ1v) is 10.6. The normalized spacial score (nSPS) is 18.5. The SMILES string of the molecule is Cc1cccc(C(=O)NCC2CCC(CNC(=O)NCc3ccc(F)cc3)CC2)c1. The summed E-state index contributed by atoms with van der Waals surface area (Å²) in [7, 11) is 0. The number of rotatable bonds is 7. The van der Waals surface area contributed by atoms with Crippen molar-refractivity contribution in [2.45, 2.75) is 39.2 Å². The van der Waals surface area contributed by atoms with E-state index in [4.69, 9.17) is 0 Å². The fourth-order valence-corrected chi connectivity index (χ4v) is 3.85. The van der Waals surface area contributed by atoms with Crippen molar-refractivity contribution in [2.24, 2.45) is 11.8 Å². The summed E-state index contributed by atoms with van der Waals surface area (Å²) in [6.45, 7) is 3.71. The lowest BCUT2D eigenvalue weighted by atomic mass is 9.82. The molecule has 160 valence electrons. The fourth-order valence-electron chi connectivity index (χ4n) is 3.85. The van der Waals surface area contributed by atoms with Crippen LogP contribution in [0.1, 0.15) is 47.2 Å². The Bertz CT molecular complexity index is 846. The summed E-state index contributed by atoms with van der Waals surface area (Å²) < 4.78 is 12.9. The molecule has 0 aromatic heterocycles. The largest absolute Gasteiger partial charge is 0.352 e. The monoisotopic (exact) mass is 411 g/mol. The van der Waals surface area contributed by atoms with Crippen molar-refractivity contribution in [3.63, 3.8) is 0 Å². The predicted molar refractivity (Wildman–Crippen MR) is 116 cm³/mol. The zero-order chi connectivity index (χ0) is 21.3. The van der Waals surface area contributed by atoms with Crippen molar-refractivity contribution in [3.8, 4) is 0 Å². The van der Waals surface area contributed by atoms with Gasteiger partial charge in [0.15, 0.2) is 0 Å².